The molecule has 0 heterocycles. The predicted octanol–water partition coefficient (Wildman–Crippen LogP) is 3.66. The molecule has 0 aromatic heterocycles. The summed E-state index contributed by atoms with van der Waals surface area (Å²) in [6, 6.07) is 10.7. The fraction of sp³-hybridized carbons (Fsp3) is 0.278. The summed E-state index contributed by atoms with van der Waals surface area (Å²) in [7, 11) is 3.12. The van der Waals surface area contributed by atoms with Crippen LogP contribution in [-0.2, 0) is 0 Å². The molecular weight excluding hydrogens is 294 g/mol. The van der Waals surface area contributed by atoms with Gasteiger partial charge in [0.25, 0.3) is 5.91 Å². The molecule has 0 bridgehead atoms. The highest BCUT2D eigenvalue weighted by molar-refractivity contribution is 6.07. The standard InChI is InChI=1S/C18H21NO4/c1-5-23-16-9-7-6-8-14(16)19-18(20)13-10-11-15(21-3)12(2)17(13)22-4/h6-11H,5H2,1-4H3,(H,19,20). The Morgan fingerprint density at radius 2 is 1.78 bits per heavy atom. The Morgan fingerprint density at radius 1 is 1.04 bits per heavy atom. The van der Waals surface area contributed by atoms with Gasteiger partial charge in [0.05, 0.1) is 32.1 Å². The van der Waals surface area contributed by atoms with E-state index in [-0.39, 0.29) is 5.91 Å². The van der Waals surface area contributed by atoms with Crippen molar-refractivity contribution in [1.82, 2.24) is 0 Å². The van der Waals surface area contributed by atoms with E-state index in [9.17, 15) is 4.79 Å². The van der Waals surface area contributed by atoms with Crippen molar-refractivity contribution < 1.29 is 19.0 Å². The van der Waals surface area contributed by atoms with Crippen molar-refractivity contribution in [1.29, 1.82) is 0 Å². The van der Waals surface area contributed by atoms with Crippen LogP contribution in [-0.4, -0.2) is 26.7 Å². The van der Waals surface area contributed by atoms with Gasteiger partial charge in [0.1, 0.15) is 17.2 Å². The highest BCUT2D eigenvalue weighted by Gasteiger charge is 2.18. The molecule has 2 aromatic rings. The predicted molar refractivity (Wildman–Crippen MR) is 89.8 cm³/mol. The van der Waals surface area contributed by atoms with Gasteiger partial charge in [0.2, 0.25) is 0 Å². The van der Waals surface area contributed by atoms with Crippen molar-refractivity contribution in [3.63, 3.8) is 0 Å². The number of amides is 1. The van der Waals surface area contributed by atoms with E-state index in [0.29, 0.717) is 35.1 Å². The largest absolute Gasteiger partial charge is 0.496 e. The SMILES string of the molecule is CCOc1ccccc1NC(=O)c1ccc(OC)c(C)c1OC. The molecule has 2 aromatic carbocycles. The number of rotatable bonds is 6. The van der Waals surface area contributed by atoms with Crippen LogP contribution in [0, 0.1) is 6.92 Å². The van der Waals surface area contributed by atoms with Gasteiger partial charge in [-0.1, -0.05) is 12.1 Å². The van der Waals surface area contributed by atoms with Crippen molar-refractivity contribution in [2.24, 2.45) is 0 Å². The highest BCUT2D eigenvalue weighted by atomic mass is 16.5. The van der Waals surface area contributed by atoms with Crippen LogP contribution in [0.1, 0.15) is 22.8 Å². The van der Waals surface area contributed by atoms with E-state index in [1.807, 2.05) is 32.0 Å². The number of carbonyl (C=O) groups excluding carboxylic acids is 1. The molecule has 2 rings (SSSR count). The second-order valence-corrected chi connectivity index (χ2v) is 4.86. The second kappa shape index (κ2) is 7.54. The zero-order valence-corrected chi connectivity index (χ0v) is 13.8. The lowest BCUT2D eigenvalue weighted by atomic mass is 10.1. The number of benzene rings is 2. The molecule has 0 aliphatic rings. The van der Waals surface area contributed by atoms with Gasteiger partial charge in [-0.05, 0) is 38.1 Å². The first-order valence-electron chi connectivity index (χ1n) is 7.37. The molecule has 1 amide bonds. The first kappa shape index (κ1) is 16.7. The van der Waals surface area contributed by atoms with Gasteiger partial charge in [0, 0.05) is 5.56 Å². The zero-order valence-electron chi connectivity index (χ0n) is 13.8. The topological polar surface area (TPSA) is 56.8 Å². The zero-order chi connectivity index (χ0) is 16.8. The van der Waals surface area contributed by atoms with Crippen LogP contribution in [0.25, 0.3) is 0 Å². The lowest BCUT2D eigenvalue weighted by Crippen LogP contribution is -2.15. The molecule has 5 nitrogen and oxygen atoms in total. The number of anilines is 1. The maximum absolute atomic E-state index is 12.6. The minimum atomic E-state index is -0.264. The average Bonchev–Trinajstić information content (AvgIpc) is 2.56. The quantitative estimate of drug-likeness (QED) is 0.884. The summed E-state index contributed by atoms with van der Waals surface area (Å²) in [5.74, 6) is 1.54. The lowest BCUT2D eigenvalue weighted by Gasteiger charge is -2.15. The van der Waals surface area contributed by atoms with Crippen LogP contribution in [0.15, 0.2) is 36.4 Å². The summed E-state index contributed by atoms with van der Waals surface area (Å²) in [5.41, 5.74) is 1.84. The molecule has 0 saturated carbocycles. The molecule has 122 valence electrons. The van der Waals surface area contributed by atoms with Crippen molar-refractivity contribution in [3.05, 3.63) is 47.5 Å². The number of para-hydroxylation sites is 2. The number of methoxy groups -OCH3 is 2. The first-order valence-corrected chi connectivity index (χ1v) is 7.37. The van der Waals surface area contributed by atoms with E-state index >= 15 is 0 Å². The number of ether oxygens (including phenoxy) is 3. The van der Waals surface area contributed by atoms with Gasteiger partial charge in [0.15, 0.2) is 0 Å². The van der Waals surface area contributed by atoms with Crippen molar-refractivity contribution in [3.8, 4) is 17.2 Å². The highest BCUT2D eigenvalue weighted by Crippen LogP contribution is 2.32. The number of hydrogen-bond donors (Lipinski definition) is 1. The third kappa shape index (κ3) is 3.56. The Labute approximate surface area is 136 Å². The van der Waals surface area contributed by atoms with Crippen molar-refractivity contribution in [2.45, 2.75) is 13.8 Å². The molecule has 0 aliphatic heterocycles. The van der Waals surface area contributed by atoms with Crippen LogP contribution in [0.3, 0.4) is 0 Å². The number of carbonyl (C=O) groups is 1. The smallest absolute Gasteiger partial charge is 0.259 e. The monoisotopic (exact) mass is 315 g/mol. The van der Waals surface area contributed by atoms with E-state index in [4.69, 9.17) is 14.2 Å². The van der Waals surface area contributed by atoms with Crippen LogP contribution in [0.4, 0.5) is 5.69 Å². The molecule has 0 fully saturated rings. The van der Waals surface area contributed by atoms with Gasteiger partial charge < -0.3 is 19.5 Å². The molecule has 5 heteroatoms. The molecule has 23 heavy (non-hydrogen) atoms. The fourth-order valence-electron chi connectivity index (χ4n) is 2.38. The van der Waals surface area contributed by atoms with Crippen molar-refractivity contribution in [2.75, 3.05) is 26.1 Å². The van der Waals surface area contributed by atoms with Gasteiger partial charge in [-0.25, -0.2) is 0 Å². The maximum Gasteiger partial charge on any atom is 0.259 e. The Hall–Kier alpha value is -2.69. The third-order valence-electron chi connectivity index (χ3n) is 3.46. The minimum Gasteiger partial charge on any atom is -0.496 e. The molecular formula is C18H21NO4. The first-order chi connectivity index (χ1) is 11.1. The summed E-state index contributed by atoms with van der Waals surface area (Å²) < 4.78 is 16.2. The molecule has 0 unspecified atom stereocenters. The normalized spacial score (nSPS) is 10.1. The summed E-state index contributed by atoms with van der Waals surface area (Å²) in [6.45, 7) is 4.27. The summed E-state index contributed by atoms with van der Waals surface area (Å²) in [6.07, 6.45) is 0. The average molecular weight is 315 g/mol. The summed E-state index contributed by atoms with van der Waals surface area (Å²) >= 11 is 0. The van der Waals surface area contributed by atoms with Crippen LogP contribution in [0.5, 0.6) is 17.2 Å². The lowest BCUT2D eigenvalue weighted by molar-refractivity contribution is 0.102. The molecule has 0 radical (unpaired) electrons. The van der Waals surface area contributed by atoms with E-state index in [1.165, 1.54) is 7.11 Å². The van der Waals surface area contributed by atoms with E-state index in [1.54, 1.807) is 25.3 Å². The molecule has 0 saturated heterocycles. The van der Waals surface area contributed by atoms with Gasteiger partial charge in [-0.2, -0.15) is 0 Å². The number of hydrogen-bond acceptors (Lipinski definition) is 4. The fourth-order valence-corrected chi connectivity index (χ4v) is 2.38. The van der Waals surface area contributed by atoms with Crippen LogP contribution < -0.4 is 19.5 Å². The van der Waals surface area contributed by atoms with Gasteiger partial charge >= 0.3 is 0 Å². The van der Waals surface area contributed by atoms with Gasteiger partial charge in [-0.3, -0.25) is 4.79 Å². The Morgan fingerprint density at radius 3 is 2.43 bits per heavy atom. The summed E-state index contributed by atoms with van der Waals surface area (Å²) in [4.78, 5) is 12.6. The Kier molecular flexibility index (Phi) is 5.46. The molecule has 0 spiro atoms. The minimum absolute atomic E-state index is 0.264. The van der Waals surface area contributed by atoms with E-state index in [2.05, 4.69) is 5.32 Å². The van der Waals surface area contributed by atoms with Crippen LogP contribution in [0.2, 0.25) is 0 Å². The molecule has 0 aliphatic carbocycles. The number of nitrogens with one attached hydrogen (secondary N) is 1. The summed E-state index contributed by atoms with van der Waals surface area (Å²) in [5, 5.41) is 2.87. The Bertz CT molecular complexity index is 697. The van der Waals surface area contributed by atoms with Crippen molar-refractivity contribution >= 4 is 11.6 Å². The van der Waals surface area contributed by atoms with Gasteiger partial charge in [-0.15, -0.1) is 0 Å². The second-order valence-electron chi connectivity index (χ2n) is 4.86. The van der Waals surface area contributed by atoms with Crippen LogP contribution >= 0.6 is 0 Å². The van der Waals surface area contributed by atoms with E-state index < -0.39 is 0 Å². The Balaban J connectivity index is 2.33. The molecule has 1 N–H and O–H groups in total. The molecule has 0 atom stereocenters. The maximum atomic E-state index is 12.6. The van der Waals surface area contributed by atoms with E-state index in [0.717, 1.165) is 5.56 Å². The third-order valence-corrected chi connectivity index (χ3v) is 3.46.